The van der Waals surface area contributed by atoms with Crippen LogP contribution in [0.25, 0.3) is 21.0 Å². The Hall–Kier alpha value is -2.99. The van der Waals surface area contributed by atoms with Crippen LogP contribution in [0.1, 0.15) is 34.7 Å². The third kappa shape index (κ3) is 2.64. The molecule has 0 spiro atoms. The van der Waals surface area contributed by atoms with Crippen LogP contribution in [0.2, 0.25) is 0 Å². The first kappa shape index (κ1) is 17.1. The number of phenols is 1. The van der Waals surface area contributed by atoms with Gasteiger partial charge < -0.3 is 5.11 Å². The van der Waals surface area contributed by atoms with Crippen molar-refractivity contribution in [1.29, 1.82) is 0 Å². The minimum Gasteiger partial charge on any atom is -0.507 e. The predicted octanol–water partition coefficient (Wildman–Crippen LogP) is 4.39. The molecule has 0 saturated heterocycles. The molecular formula is C22H19N3O2S. The van der Waals surface area contributed by atoms with E-state index in [1.54, 1.807) is 30.5 Å². The molecule has 0 bridgehead atoms. The summed E-state index contributed by atoms with van der Waals surface area (Å²) in [6, 6.07) is 11.3. The molecule has 0 aliphatic heterocycles. The summed E-state index contributed by atoms with van der Waals surface area (Å²) in [7, 11) is 0. The lowest BCUT2D eigenvalue weighted by molar-refractivity contribution is 0.475. The topological polar surface area (TPSA) is 67.5 Å². The highest BCUT2D eigenvalue weighted by Crippen LogP contribution is 2.33. The Balaban J connectivity index is 1.69. The van der Waals surface area contributed by atoms with Gasteiger partial charge in [0.2, 0.25) is 0 Å². The largest absolute Gasteiger partial charge is 0.507 e. The molecule has 2 aromatic carbocycles. The number of aromatic hydroxyl groups is 1. The average Bonchev–Trinajstić information content (AvgIpc) is 3.07. The van der Waals surface area contributed by atoms with Crippen LogP contribution in [0.3, 0.4) is 0 Å². The molecule has 0 saturated carbocycles. The van der Waals surface area contributed by atoms with Crippen molar-refractivity contribution in [2.45, 2.75) is 32.6 Å². The number of aryl methyl sites for hydroxylation is 3. The van der Waals surface area contributed by atoms with Gasteiger partial charge in [-0.3, -0.25) is 4.79 Å². The lowest BCUT2D eigenvalue weighted by Crippen LogP contribution is -2.21. The van der Waals surface area contributed by atoms with Crippen LogP contribution in [0.4, 0.5) is 0 Å². The third-order valence-corrected chi connectivity index (χ3v) is 6.56. The summed E-state index contributed by atoms with van der Waals surface area (Å²) in [5, 5.41) is 17.4. The van der Waals surface area contributed by atoms with Crippen LogP contribution in [-0.2, 0) is 12.8 Å². The zero-order chi connectivity index (χ0) is 19.3. The Morgan fingerprint density at radius 3 is 2.89 bits per heavy atom. The summed E-state index contributed by atoms with van der Waals surface area (Å²) in [4.78, 5) is 20.0. The molecule has 0 unspecified atom stereocenters. The first-order valence-electron chi connectivity index (χ1n) is 9.42. The molecule has 0 atom stereocenters. The normalized spacial score (nSPS) is 14.2. The summed E-state index contributed by atoms with van der Waals surface area (Å²) in [6.45, 7) is 1.79. The Morgan fingerprint density at radius 1 is 1.18 bits per heavy atom. The first-order chi connectivity index (χ1) is 13.6. The van der Waals surface area contributed by atoms with Crippen LogP contribution >= 0.6 is 11.3 Å². The van der Waals surface area contributed by atoms with E-state index < -0.39 is 0 Å². The van der Waals surface area contributed by atoms with Gasteiger partial charge in [0.15, 0.2) is 0 Å². The van der Waals surface area contributed by atoms with Gasteiger partial charge in [0.1, 0.15) is 16.4 Å². The minimum absolute atomic E-state index is 0.127. The molecule has 1 aliphatic rings. The summed E-state index contributed by atoms with van der Waals surface area (Å²) in [5.41, 5.74) is 1.62. The molecule has 0 radical (unpaired) electrons. The van der Waals surface area contributed by atoms with E-state index in [1.807, 2.05) is 30.3 Å². The van der Waals surface area contributed by atoms with Crippen LogP contribution in [0, 0.1) is 6.92 Å². The van der Waals surface area contributed by atoms with Crippen molar-refractivity contribution in [1.82, 2.24) is 9.66 Å². The number of hydrogen-bond donors (Lipinski definition) is 1. The third-order valence-electron chi connectivity index (χ3n) is 5.38. The summed E-state index contributed by atoms with van der Waals surface area (Å²) in [6.07, 6.45) is 5.80. The van der Waals surface area contributed by atoms with Crippen LogP contribution in [0.15, 0.2) is 46.3 Å². The van der Waals surface area contributed by atoms with E-state index in [4.69, 9.17) is 0 Å². The lowest BCUT2D eigenvalue weighted by Gasteiger charge is -2.10. The van der Waals surface area contributed by atoms with Gasteiger partial charge >= 0.3 is 0 Å². The molecule has 0 amide bonds. The Labute approximate surface area is 165 Å². The van der Waals surface area contributed by atoms with Crippen molar-refractivity contribution in [3.8, 4) is 5.75 Å². The monoisotopic (exact) mass is 389 g/mol. The number of nitrogens with zero attached hydrogens (tertiary/aromatic N) is 3. The van der Waals surface area contributed by atoms with Crippen LogP contribution in [0.5, 0.6) is 5.75 Å². The molecule has 0 fully saturated rings. The first-order valence-corrected chi connectivity index (χ1v) is 10.2. The lowest BCUT2D eigenvalue weighted by atomic mass is 9.97. The summed E-state index contributed by atoms with van der Waals surface area (Å²) < 4.78 is 1.35. The number of rotatable bonds is 2. The predicted molar refractivity (Wildman–Crippen MR) is 114 cm³/mol. The SMILES string of the molecule is Cc1nc2sc3c(c2c(=O)n1/N=C\c1c(O)ccc2ccccc12)CCCC3. The highest BCUT2D eigenvalue weighted by Gasteiger charge is 2.21. The fourth-order valence-electron chi connectivity index (χ4n) is 3.97. The second kappa shape index (κ2) is 6.56. The molecule has 6 heteroatoms. The minimum atomic E-state index is -0.127. The molecule has 28 heavy (non-hydrogen) atoms. The Kier molecular flexibility index (Phi) is 4.02. The van der Waals surface area contributed by atoms with Crippen LogP contribution in [-0.4, -0.2) is 21.0 Å². The van der Waals surface area contributed by atoms with Crippen molar-refractivity contribution in [2.24, 2.45) is 5.10 Å². The molecule has 5 rings (SSSR count). The maximum atomic E-state index is 13.2. The quantitative estimate of drug-likeness (QED) is 0.517. The fourth-order valence-corrected chi connectivity index (χ4v) is 5.27. The van der Waals surface area contributed by atoms with E-state index in [0.29, 0.717) is 16.8 Å². The van der Waals surface area contributed by atoms with Crippen LogP contribution < -0.4 is 5.56 Å². The van der Waals surface area contributed by atoms with Gasteiger partial charge in [-0.05, 0) is 55.0 Å². The number of benzene rings is 2. The molecule has 1 N–H and O–H groups in total. The standard InChI is InChI=1S/C22H19N3O2S/c1-13-24-21-20(16-8-4-5-9-19(16)28-21)22(27)25(13)23-12-17-15-7-3-2-6-14(15)10-11-18(17)26/h2-3,6-7,10-12,26H,4-5,8-9H2,1H3/b23-12-. The molecule has 2 aromatic heterocycles. The van der Waals surface area contributed by atoms with Crippen molar-refractivity contribution < 1.29 is 5.11 Å². The highest BCUT2D eigenvalue weighted by atomic mass is 32.1. The van der Waals surface area contributed by atoms with E-state index in [-0.39, 0.29) is 11.3 Å². The highest BCUT2D eigenvalue weighted by molar-refractivity contribution is 7.18. The van der Waals surface area contributed by atoms with E-state index in [9.17, 15) is 9.90 Å². The molecular weight excluding hydrogens is 370 g/mol. The van der Waals surface area contributed by atoms with Crippen molar-refractivity contribution in [3.63, 3.8) is 0 Å². The molecule has 4 aromatic rings. The number of hydrogen-bond acceptors (Lipinski definition) is 5. The molecule has 1 aliphatic carbocycles. The Morgan fingerprint density at radius 2 is 2.00 bits per heavy atom. The summed E-state index contributed by atoms with van der Waals surface area (Å²) >= 11 is 1.64. The van der Waals surface area contributed by atoms with Gasteiger partial charge in [0, 0.05) is 10.4 Å². The summed E-state index contributed by atoms with van der Waals surface area (Å²) in [5.74, 6) is 0.683. The molecule has 140 valence electrons. The molecule has 2 heterocycles. The molecule has 5 nitrogen and oxygen atoms in total. The number of fused-ring (bicyclic) bond motifs is 4. The van der Waals surface area contributed by atoms with E-state index in [2.05, 4.69) is 10.1 Å². The second-order valence-corrected chi connectivity index (χ2v) is 8.21. The zero-order valence-corrected chi connectivity index (χ0v) is 16.3. The van der Waals surface area contributed by atoms with E-state index in [1.165, 1.54) is 16.0 Å². The van der Waals surface area contributed by atoms with Gasteiger partial charge in [-0.25, -0.2) is 4.98 Å². The van der Waals surface area contributed by atoms with Crippen molar-refractivity contribution in [3.05, 3.63) is 68.6 Å². The number of aromatic nitrogens is 2. The van der Waals surface area contributed by atoms with E-state index in [0.717, 1.165) is 40.4 Å². The fraction of sp³-hybridized carbons (Fsp3) is 0.227. The van der Waals surface area contributed by atoms with Gasteiger partial charge in [-0.15, -0.1) is 11.3 Å². The van der Waals surface area contributed by atoms with Gasteiger partial charge in [-0.2, -0.15) is 9.78 Å². The second-order valence-electron chi connectivity index (χ2n) is 7.13. The maximum Gasteiger partial charge on any atom is 0.283 e. The Bertz CT molecular complexity index is 1320. The average molecular weight is 389 g/mol. The number of phenolic OH excluding ortho intramolecular Hbond substituents is 1. The van der Waals surface area contributed by atoms with Gasteiger partial charge in [0.25, 0.3) is 5.56 Å². The number of thiophene rings is 1. The van der Waals surface area contributed by atoms with E-state index >= 15 is 0 Å². The van der Waals surface area contributed by atoms with Crippen molar-refractivity contribution in [2.75, 3.05) is 0 Å². The van der Waals surface area contributed by atoms with Gasteiger partial charge in [0.05, 0.1) is 11.6 Å². The van der Waals surface area contributed by atoms with Gasteiger partial charge in [-0.1, -0.05) is 30.3 Å². The zero-order valence-electron chi connectivity index (χ0n) is 15.5. The maximum absolute atomic E-state index is 13.2. The van der Waals surface area contributed by atoms with Crippen molar-refractivity contribution >= 4 is 38.5 Å². The smallest absolute Gasteiger partial charge is 0.283 e.